The van der Waals surface area contributed by atoms with Crippen LogP contribution in [0.1, 0.15) is 31.9 Å². The second-order valence-electron chi connectivity index (χ2n) is 4.12. The highest BCUT2D eigenvalue weighted by atomic mass is 19.0. The first-order valence-corrected chi connectivity index (χ1v) is 4.07. The molecule has 0 N–H and O–H groups in total. The van der Waals surface area contributed by atoms with Crippen molar-refractivity contribution in [3.05, 3.63) is 35.4 Å². The molecule has 0 aliphatic heterocycles. The zero-order valence-corrected chi connectivity index (χ0v) is 8.22. The normalized spacial score (nSPS) is 10.7. The lowest BCUT2D eigenvalue weighted by Gasteiger charge is -2.18. The minimum absolute atomic E-state index is 0. The van der Waals surface area contributed by atoms with Gasteiger partial charge in [-0.15, -0.1) is 0 Å². The van der Waals surface area contributed by atoms with Gasteiger partial charge in [0, 0.05) is 0 Å². The fourth-order valence-electron chi connectivity index (χ4n) is 1.05. The third-order valence-corrected chi connectivity index (χ3v) is 1.92. The van der Waals surface area contributed by atoms with Gasteiger partial charge in [-0.1, -0.05) is 50.6 Å². The molecule has 0 aliphatic rings. The molecule has 12 heavy (non-hydrogen) atoms. The van der Waals surface area contributed by atoms with Gasteiger partial charge >= 0.3 is 0 Å². The molecule has 0 unspecified atom stereocenters. The van der Waals surface area contributed by atoms with Crippen molar-refractivity contribution >= 4 is 0 Å². The highest BCUT2D eigenvalue weighted by Gasteiger charge is 2.11. The van der Waals surface area contributed by atoms with Crippen LogP contribution >= 0.6 is 0 Å². The van der Waals surface area contributed by atoms with Crippen molar-refractivity contribution < 1.29 is 4.70 Å². The van der Waals surface area contributed by atoms with Crippen molar-refractivity contribution in [2.24, 2.45) is 0 Å². The summed E-state index contributed by atoms with van der Waals surface area (Å²) >= 11 is 0. The van der Waals surface area contributed by atoms with Gasteiger partial charge in [-0.25, -0.2) is 0 Å². The molecule has 0 heterocycles. The molecule has 68 valence electrons. The molecule has 0 spiro atoms. The highest BCUT2D eigenvalue weighted by Crippen LogP contribution is 2.21. The third-order valence-electron chi connectivity index (χ3n) is 1.92. The Morgan fingerprint density at radius 2 is 1.33 bits per heavy atom. The largest absolute Gasteiger partial charge is 0.269 e. The van der Waals surface area contributed by atoms with Crippen LogP contribution in [0.5, 0.6) is 0 Å². The minimum atomic E-state index is 0. The van der Waals surface area contributed by atoms with Crippen molar-refractivity contribution in [2.45, 2.75) is 33.1 Å². The topological polar surface area (TPSA) is 0 Å². The molecule has 1 aromatic rings. The van der Waals surface area contributed by atoms with E-state index in [0.717, 1.165) is 0 Å². The Balaban J connectivity index is 0.00000121. The maximum absolute atomic E-state index is 2.23. The number of aryl methyl sites for hydroxylation is 1. The predicted octanol–water partition coefficient (Wildman–Crippen LogP) is 3.45. The van der Waals surface area contributed by atoms with Crippen LogP contribution in [-0.2, 0) is 5.41 Å². The van der Waals surface area contributed by atoms with Crippen LogP contribution < -0.4 is 0 Å². The van der Waals surface area contributed by atoms with Gasteiger partial charge in [0.05, 0.1) is 0 Å². The molecule has 0 fully saturated rings. The average molecular weight is 168 g/mol. The van der Waals surface area contributed by atoms with Gasteiger partial charge in [0.2, 0.25) is 0 Å². The third kappa shape index (κ3) is 2.65. The summed E-state index contributed by atoms with van der Waals surface area (Å²) in [5.41, 5.74) is 3.02. The lowest BCUT2D eigenvalue weighted by molar-refractivity contribution is 0.590. The van der Waals surface area contributed by atoms with E-state index in [1.807, 2.05) is 0 Å². The van der Waals surface area contributed by atoms with Crippen LogP contribution in [-0.4, -0.2) is 0 Å². The summed E-state index contributed by atoms with van der Waals surface area (Å²) in [7, 11) is 0. The fraction of sp³-hybridized carbons (Fsp3) is 0.455. The number of benzene rings is 1. The Kier molecular flexibility index (Phi) is 3.44. The molecule has 1 rings (SSSR count). The van der Waals surface area contributed by atoms with Gasteiger partial charge in [-0.2, -0.15) is 0 Å². The molecular weight excluding hydrogens is 151 g/mol. The lowest BCUT2D eigenvalue weighted by Crippen LogP contribution is -2.10. The van der Waals surface area contributed by atoms with E-state index in [0.29, 0.717) is 0 Å². The van der Waals surface area contributed by atoms with Gasteiger partial charge in [-0.05, 0) is 17.9 Å². The van der Waals surface area contributed by atoms with Gasteiger partial charge in [-0.3, -0.25) is 4.70 Å². The lowest BCUT2D eigenvalue weighted by atomic mass is 9.87. The van der Waals surface area contributed by atoms with Crippen LogP contribution in [0.25, 0.3) is 0 Å². The zero-order valence-electron chi connectivity index (χ0n) is 8.22. The van der Waals surface area contributed by atoms with Gasteiger partial charge in [0.1, 0.15) is 0 Å². The molecule has 1 aromatic carbocycles. The second kappa shape index (κ2) is 3.70. The average Bonchev–Trinajstić information content (AvgIpc) is 1.86. The smallest absolute Gasteiger partial charge is 0.0132 e. The Labute approximate surface area is 74.0 Å². The molecule has 0 saturated carbocycles. The number of hydrogen-bond acceptors (Lipinski definition) is 0. The van der Waals surface area contributed by atoms with Crippen LogP contribution in [0, 0.1) is 6.92 Å². The summed E-state index contributed by atoms with van der Waals surface area (Å²) < 4.78 is 0. The monoisotopic (exact) mass is 168 g/mol. The van der Waals surface area contributed by atoms with E-state index in [4.69, 9.17) is 0 Å². The SMILES string of the molecule is Cc1ccc(C(C)(C)C)cc1.F. The quantitative estimate of drug-likeness (QED) is 0.556. The molecule has 0 aliphatic carbocycles. The Bertz CT molecular complexity index is 228. The van der Waals surface area contributed by atoms with Crippen molar-refractivity contribution in [1.29, 1.82) is 0 Å². The first-order chi connectivity index (χ1) is 5.00. The van der Waals surface area contributed by atoms with E-state index in [9.17, 15) is 0 Å². The van der Waals surface area contributed by atoms with Crippen LogP contribution in [0.2, 0.25) is 0 Å². The molecule has 0 bridgehead atoms. The zero-order chi connectivity index (χ0) is 8.48. The summed E-state index contributed by atoms with van der Waals surface area (Å²) in [4.78, 5) is 0. The molecular formula is C11H17F. The van der Waals surface area contributed by atoms with Crippen molar-refractivity contribution in [3.63, 3.8) is 0 Å². The Morgan fingerprint density at radius 1 is 0.917 bits per heavy atom. The van der Waals surface area contributed by atoms with Crippen LogP contribution in [0.4, 0.5) is 4.70 Å². The van der Waals surface area contributed by atoms with Crippen molar-refractivity contribution in [2.75, 3.05) is 0 Å². The summed E-state index contributed by atoms with van der Waals surface area (Å²) in [6, 6.07) is 8.74. The Morgan fingerprint density at radius 3 is 1.67 bits per heavy atom. The van der Waals surface area contributed by atoms with E-state index in [2.05, 4.69) is 52.0 Å². The van der Waals surface area contributed by atoms with Crippen LogP contribution in [0.15, 0.2) is 24.3 Å². The van der Waals surface area contributed by atoms with E-state index >= 15 is 0 Å². The molecule has 1 heteroatoms. The fourth-order valence-corrected chi connectivity index (χ4v) is 1.05. The molecule has 0 aromatic heterocycles. The van der Waals surface area contributed by atoms with E-state index in [1.54, 1.807) is 0 Å². The van der Waals surface area contributed by atoms with Crippen molar-refractivity contribution in [3.8, 4) is 0 Å². The van der Waals surface area contributed by atoms with E-state index < -0.39 is 0 Å². The van der Waals surface area contributed by atoms with Crippen molar-refractivity contribution in [1.82, 2.24) is 0 Å². The summed E-state index contributed by atoms with van der Waals surface area (Å²) in [5, 5.41) is 0. The maximum Gasteiger partial charge on any atom is -0.0132 e. The number of rotatable bonds is 0. The number of halogens is 1. The Hall–Kier alpha value is -0.850. The van der Waals surface area contributed by atoms with Gasteiger partial charge < -0.3 is 0 Å². The van der Waals surface area contributed by atoms with Gasteiger partial charge in [0.15, 0.2) is 0 Å². The molecule has 0 radical (unpaired) electrons. The minimum Gasteiger partial charge on any atom is -0.269 e. The molecule has 0 amide bonds. The van der Waals surface area contributed by atoms with E-state index in [1.165, 1.54) is 11.1 Å². The molecule has 0 atom stereocenters. The summed E-state index contributed by atoms with van der Waals surface area (Å²) in [5.74, 6) is 0. The first-order valence-electron chi connectivity index (χ1n) is 4.07. The second-order valence-corrected chi connectivity index (χ2v) is 4.12. The van der Waals surface area contributed by atoms with Gasteiger partial charge in [0.25, 0.3) is 0 Å². The maximum atomic E-state index is 2.23. The first kappa shape index (κ1) is 11.2. The highest BCUT2D eigenvalue weighted by molar-refractivity contribution is 5.26. The van der Waals surface area contributed by atoms with E-state index in [-0.39, 0.29) is 10.1 Å². The molecule has 0 nitrogen and oxygen atoms in total. The molecule has 0 saturated heterocycles. The predicted molar refractivity (Wildman–Crippen MR) is 52.4 cm³/mol. The van der Waals surface area contributed by atoms with Crippen LogP contribution in [0.3, 0.4) is 0 Å². The summed E-state index contributed by atoms with van der Waals surface area (Å²) in [6.45, 7) is 8.82. The summed E-state index contributed by atoms with van der Waals surface area (Å²) in [6.07, 6.45) is 0. The number of hydrogen-bond donors (Lipinski definition) is 0. The standard InChI is InChI=1S/C11H16.FH/c1-9-5-7-10(8-6-9)11(2,3)4;/h5-8H,1-4H3;1H.